The smallest absolute Gasteiger partial charge is 0.337 e. The molecule has 0 spiro atoms. The van der Waals surface area contributed by atoms with Gasteiger partial charge in [0, 0.05) is 23.8 Å². The van der Waals surface area contributed by atoms with Crippen molar-refractivity contribution < 1.29 is 9.90 Å². The molecular formula is C26H24N2O2. The lowest BCUT2D eigenvalue weighted by Crippen LogP contribution is -2.02. The van der Waals surface area contributed by atoms with Crippen LogP contribution >= 0.6 is 0 Å². The van der Waals surface area contributed by atoms with Gasteiger partial charge in [0.15, 0.2) is 0 Å². The van der Waals surface area contributed by atoms with E-state index in [1.54, 1.807) is 18.2 Å². The molecule has 3 aromatic carbocycles. The maximum Gasteiger partial charge on any atom is 0.337 e. The van der Waals surface area contributed by atoms with Gasteiger partial charge in [-0.1, -0.05) is 36.4 Å². The van der Waals surface area contributed by atoms with Crippen LogP contribution in [0.25, 0.3) is 5.69 Å². The van der Waals surface area contributed by atoms with Gasteiger partial charge in [-0.15, -0.1) is 0 Å². The number of carboxylic acid groups (broad SMARTS) is 1. The number of anilines is 2. The van der Waals surface area contributed by atoms with E-state index in [2.05, 4.69) is 46.3 Å². The van der Waals surface area contributed by atoms with E-state index in [0.717, 1.165) is 24.9 Å². The van der Waals surface area contributed by atoms with Crippen molar-refractivity contribution in [2.75, 3.05) is 5.32 Å². The monoisotopic (exact) mass is 396 g/mol. The molecule has 30 heavy (non-hydrogen) atoms. The zero-order valence-electron chi connectivity index (χ0n) is 16.7. The average molecular weight is 396 g/mol. The number of rotatable bonds is 8. The minimum Gasteiger partial charge on any atom is -0.478 e. The molecule has 0 fully saturated rings. The van der Waals surface area contributed by atoms with Crippen LogP contribution in [0.4, 0.5) is 11.4 Å². The van der Waals surface area contributed by atoms with Crippen molar-refractivity contribution in [1.82, 2.24) is 4.57 Å². The summed E-state index contributed by atoms with van der Waals surface area (Å²) in [5.41, 5.74) is 5.54. The van der Waals surface area contributed by atoms with Crippen molar-refractivity contribution in [3.63, 3.8) is 0 Å². The molecule has 4 heteroatoms. The van der Waals surface area contributed by atoms with Gasteiger partial charge in [-0.3, -0.25) is 0 Å². The van der Waals surface area contributed by atoms with Gasteiger partial charge in [-0.05, 0) is 78.9 Å². The van der Waals surface area contributed by atoms with E-state index in [0.29, 0.717) is 5.69 Å². The number of aryl methyl sites for hydroxylation is 2. The van der Waals surface area contributed by atoms with Crippen LogP contribution in [0.5, 0.6) is 0 Å². The molecule has 0 bridgehead atoms. The summed E-state index contributed by atoms with van der Waals surface area (Å²) >= 11 is 0. The number of nitrogens with zero attached hydrogens (tertiary/aromatic N) is 1. The highest BCUT2D eigenvalue weighted by Gasteiger charge is 2.08. The van der Waals surface area contributed by atoms with Gasteiger partial charge >= 0.3 is 5.97 Å². The molecule has 0 amide bonds. The normalized spacial score (nSPS) is 10.7. The second-order valence-corrected chi connectivity index (χ2v) is 7.28. The lowest BCUT2D eigenvalue weighted by molar-refractivity contribution is 0.0698. The molecule has 4 aromatic rings. The number of benzene rings is 3. The number of carbonyl (C=O) groups is 1. The lowest BCUT2D eigenvalue weighted by atomic mass is 10.0. The maximum absolute atomic E-state index is 11.3. The highest BCUT2D eigenvalue weighted by Crippen LogP contribution is 2.22. The molecule has 0 aliphatic rings. The minimum atomic E-state index is -0.934. The SMILES string of the molecule is O=C(O)c1ccccc1Nc1ccc(CCCc2ccc(-n3cccc3)cc2)cc1. The zero-order chi connectivity index (χ0) is 20.8. The van der Waals surface area contributed by atoms with E-state index in [4.69, 9.17) is 0 Å². The Balaban J connectivity index is 1.30. The van der Waals surface area contributed by atoms with Gasteiger partial charge in [0.25, 0.3) is 0 Å². The van der Waals surface area contributed by atoms with E-state index >= 15 is 0 Å². The van der Waals surface area contributed by atoms with Gasteiger partial charge in [-0.25, -0.2) is 4.79 Å². The summed E-state index contributed by atoms with van der Waals surface area (Å²) in [7, 11) is 0. The Kier molecular flexibility index (Phi) is 5.95. The fourth-order valence-electron chi connectivity index (χ4n) is 3.53. The zero-order valence-corrected chi connectivity index (χ0v) is 16.7. The second-order valence-electron chi connectivity index (χ2n) is 7.28. The van der Waals surface area contributed by atoms with Crippen LogP contribution in [0.1, 0.15) is 27.9 Å². The Labute approximate surface area is 176 Å². The molecule has 0 aliphatic heterocycles. The Morgan fingerprint density at radius 1 is 0.767 bits per heavy atom. The second kappa shape index (κ2) is 9.14. The standard InChI is InChI=1S/C26H24N2O2/c29-26(30)24-8-1-2-9-25(24)27-22-14-10-20(11-15-22)6-5-7-21-12-16-23(17-13-21)28-18-3-4-19-28/h1-4,8-19,27H,5-7H2,(H,29,30). The molecule has 1 aromatic heterocycles. The van der Waals surface area contributed by atoms with Crippen molar-refractivity contribution in [3.05, 3.63) is 114 Å². The molecular weight excluding hydrogens is 372 g/mol. The molecule has 2 N–H and O–H groups in total. The summed E-state index contributed by atoms with van der Waals surface area (Å²) in [6, 6.07) is 27.9. The number of aromatic nitrogens is 1. The van der Waals surface area contributed by atoms with Crippen LogP contribution in [0.2, 0.25) is 0 Å². The van der Waals surface area contributed by atoms with Gasteiger partial charge in [0.1, 0.15) is 0 Å². The highest BCUT2D eigenvalue weighted by atomic mass is 16.4. The Hall–Kier alpha value is -3.79. The molecule has 4 nitrogen and oxygen atoms in total. The van der Waals surface area contributed by atoms with Crippen LogP contribution in [-0.4, -0.2) is 15.6 Å². The molecule has 0 saturated carbocycles. The fourth-order valence-corrected chi connectivity index (χ4v) is 3.53. The largest absolute Gasteiger partial charge is 0.478 e. The van der Waals surface area contributed by atoms with E-state index in [-0.39, 0.29) is 5.56 Å². The molecule has 4 rings (SSSR count). The van der Waals surface area contributed by atoms with Crippen LogP contribution < -0.4 is 5.32 Å². The first-order valence-corrected chi connectivity index (χ1v) is 10.1. The first-order chi connectivity index (χ1) is 14.7. The number of hydrogen-bond acceptors (Lipinski definition) is 2. The third-order valence-corrected chi connectivity index (χ3v) is 5.16. The predicted octanol–water partition coefficient (Wildman–Crippen LogP) is 6.09. The van der Waals surface area contributed by atoms with Crippen LogP contribution in [-0.2, 0) is 12.8 Å². The predicted molar refractivity (Wildman–Crippen MR) is 121 cm³/mol. The van der Waals surface area contributed by atoms with Gasteiger partial charge < -0.3 is 15.0 Å². The topological polar surface area (TPSA) is 54.3 Å². The quantitative estimate of drug-likeness (QED) is 0.379. The fraction of sp³-hybridized carbons (Fsp3) is 0.115. The van der Waals surface area contributed by atoms with Crippen molar-refractivity contribution in [2.24, 2.45) is 0 Å². The molecule has 0 radical (unpaired) electrons. The number of aromatic carboxylic acids is 1. The molecule has 0 saturated heterocycles. The summed E-state index contributed by atoms with van der Waals surface area (Å²) in [6.45, 7) is 0. The van der Waals surface area contributed by atoms with Crippen LogP contribution in [0, 0.1) is 0 Å². The first kappa shape index (κ1) is 19.5. The van der Waals surface area contributed by atoms with E-state index in [1.807, 2.05) is 42.7 Å². The maximum atomic E-state index is 11.3. The third kappa shape index (κ3) is 4.78. The van der Waals surface area contributed by atoms with Crippen molar-refractivity contribution >= 4 is 17.3 Å². The summed E-state index contributed by atoms with van der Waals surface area (Å²) in [5, 5.41) is 12.5. The van der Waals surface area contributed by atoms with E-state index < -0.39 is 5.97 Å². The molecule has 0 atom stereocenters. The summed E-state index contributed by atoms with van der Waals surface area (Å²) < 4.78 is 2.11. The molecule has 0 aliphatic carbocycles. The van der Waals surface area contributed by atoms with Crippen molar-refractivity contribution in [1.29, 1.82) is 0 Å². The number of para-hydroxylation sites is 1. The Bertz CT molecular complexity index is 1100. The molecule has 1 heterocycles. The van der Waals surface area contributed by atoms with Crippen molar-refractivity contribution in [2.45, 2.75) is 19.3 Å². The average Bonchev–Trinajstić information content (AvgIpc) is 3.31. The van der Waals surface area contributed by atoms with Crippen LogP contribution in [0.15, 0.2) is 97.3 Å². The number of carboxylic acids is 1. The summed E-state index contributed by atoms with van der Waals surface area (Å²) in [4.78, 5) is 11.3. The first-order valence-electron chi connectivity index (χ1n) is 10.1. The molecule has 0 unspecified atom stereocenters. The summed E-state index contributed by atoms with van der Waals surface area (Å²) in [5.74, 6) is -0.934. The van der Waals surface area contributed by atoms with Gasteiger partial charge in [-0.2, -0.15) is 0 Å². The van der Waals surface area contributed by atoms with E-state index in [1.165, 1.54) is 16.8 Å². The molecule has 150 valence electrons. The van der Waals surface area contributed by atoms with Gasteiger partial charge in [0.2, 0.25) is 0 Å². The minimum absolute atomic E-state index is 0.268. The third-order valence-electron chi connectivity index (χ3n) is 5.16. The lowest BCUT2D eigenvalue weighted by Gasteiger charge is -2.10. The Morgan fingerprint density at radius 2 is 1.37 bits per heavy atom. The number of hydrogen-bond donors (Lipinski definition) is 2. The van der Waals surface area contributed by atoms with E-state index in [9.17, 15) is 9.90 Å². The highest BCUT2D eigenvalue weighted by molar-refractivity contribution is 5.95. The van der Waals surface area contributed by atoms with Crippen molar-refractivity contribution in [3.8, 4) is 5.69 Å². The number of nitrogens with one attached hydrogen (secondary N) is 1. The van der Waals surface area contributed by atoms with Crippen LogP contribution in [0.3, 0.4) is 0 Å². The summed E-state index contributed by atoms with van der Waals surface area (Å²) in [6.07, 6.45) is 7.22. The van der Waals surface area contributed by atoms with Gasteiger partial charge in [0.05, 0.1) is 11.3 Å². The Morgan fingerprint density at radius 3 is 2.00 bits per heavy atom.